The topological polar surface area (TPSA) is 74.9 Å². The van der Waals surface area contributed by atoms with Crippen LogP contribution in [0.5, 0.6) is 5.75 Å². The standard InChI is InChI=1S/C28H34ClFN2O4/c1-16(2)25(15-33)32-14-17(3)28(35)22-11-18(26(36-4)13-24(22)32)9-19-10-20(12-23(29)27(19)30)31-7-5-21(34)6-8-31/h10-14,16,21,25,33-34H,5-9,15H2,1-4H3. The predicted octanol–water partition coefficient (Wildman–Crippen LogP) is 4.85. The maximum Gasteiger partial charge on any atom is 0.192 e. The molecule has 4 rings (SSSR count). The molecule has 2 heterocycles. The lowest BCUT2D eigenvalue weighted by molar-refractivity contribution is 0.145. The van der Waals surface area contributed by atoms with E-state index in [9.17, 15) is 15.0 Å². The number of aliphatic hydroxyl groups excluding tert-OH is 2. The Morgan fingerprint density at radius 1 is 1.17 bits per heavy atom. The summed E-state index contributed by atoms with van der Waals surface area (Å²) in [5.74, 6) is 0.170. The van der Waals surface area contributed by atoms with E-state index in [0.29, 0.717) is 59.3 Å². The first kappa shape index (κ1) is 26.5. The van der Waals surface area contributed by atoms with Crippen molar-refractivity contribution in [1.82, 2.24) is 4.57 Å². The molecule has 1 fully saturated rings. The highest BCUT2D eigenvalue weighted by Crippen LogP contribution is 2.34. The summed E-state index contributed by atoms with van der Waals surface area (Å²) < 4.78 is 22.8. The number of methoxy groups -OCH3 is 1. The molecule has 0 spiro atoms. The van der Waals surface area contributed by atoms with Gasteiger partial charge in [0.1, 0.15) is 11.6 Å². The zero-order valence-corrected chi connectivity index (χ0v) is 22.0. The third-order valence-electron chi connectivity index (χ3n) is 7.23. The van der Waals surface area contributed by atoms with Crippen LogP contribution in [0.25, 0.3) is 10.9 Å². The highest BCUT2D eigenvalue weighted by molar-refractivity contribution is 6.31. The van der Waals surface area contributed by atoms with Crippen LogP contribution in [0, 0.1) is 18.7 Å². The number of hydrogen-bond donors (Lipinski definition) is 2. The van der Waals surface area contributed by atoms with E-state index < -0.39 is 5.82 Å². The second-order valence-electron chi connectivity index (χ2n) is 10.0. The molecule has 1 aliphatic heterocycles. The molecule has 0 aliphatic carbocycles. The number of halogens is 2. The summed E-state index contributed by atoms with van der Waals surface area (Å²) in [5, 5.41) is 20.4. The highest BCUT2D eigenvalue weighted by atomic mass is 35.5. The number of aromatic nitrogens is 1. The Morgan fingerprint density at radius 3 is 2.47 bits per heavy atom. The molecule has 0 radical (unpaired) electrons. The molecule has 1 atom stereocenters. The Kier molecular flexibility index (Phi) is 7.93. The van der Waals surface area contributed by atoms with Crippen LogP contribution >= 0.6 is 11.6 Å². The van der Waals surface area contributed by atoms with E-state index in [0.717, 1.165) is 5.69 Å². The molecule has 2 N–H and O–H groups in total. The minimum Gasteiger partial charge on any atom is -0.496 e. The number of nitrogens with zero attached hydrogens (tertiary/aromatic N) is 2. The molecule has 0 amide bonds. The molecule has 1 saturated heterocycles. The van der Waals surface area contributed by atoms with Gasteiger partial charge in [-0.3, -0.25) is 4.79 Å². The highest BCUT2D eigenvalue weighted by Gasteiger charge is 2.22. The van der Waals surface area contributed by atoms with Gasteiger partial charge in [0.25, 0.3) is 0 Å². The average Bonchev–Trinajstić information content (AvgIpc) is 2.85. The van der Waals surface area contributed by atoms with E-state index in [2.05, 4.69) is 4.90 Å². The minimum absolute atomic E-state index is 0.0364. The van der Waals surface area contributed by atoms with Gasteiger partial charge in [-0.2, -0.15) is 0 Å². The fourth-order valence-electron chi connectivity index (χ4n) is 5.05. The summed E-state index contributed by atoms with van der Waals surface area (Å²) in [7, 11) is 1.55. The number of aliphatic hydroxyl groups is 2. The summed E-state index contributed by atoms with van der Waals surface area (Å²) in [6.45, 7) is 7.08. The summed E-state index contributed by atoms with van der Waals surface area (Å²) in [6, 6.07) is 6.77. The third kappa shape index (κ3) is 5.10. The Balaban J connectivity index is 1.82. The molecule has 36 heavy (non-hydrogen) atoms. The van der Waals surface area contributed by atoms with E-state index in [-0.39, 0.29) is 41.5 Å². The van der Waals surface area contributed by atoms with Crippen molar-refractivity contribution in [1.29, 1.82) is 0 Å². The number of anilines is 1. The van der Waals surface area contributed by atoms with Crippen molar-refractivity contribution in [2.45, 2.75) is 52.2 Å². The number of pyridine rings is 1. The zero-order valence-electron chi connectivity index (χ0n) is 21.2. The number of hydrogen-bond acceptors (Lipinski definition) is 5. The van der Waals surface area contributed by atoms with Crippen LogP contribution in [-0.4, -0.2) is 47.7 Å². The summed E-state index contributed by atoms with van der Waals surface area (Å²) in [6.07, 6.45) is 2.96. The Bertz CT molecular complexity index is 1320. The molecule has 1 aromatic heterocycles. The maximum absolute atomic E-state index is 15.2. The van der Waals surface area contributed by atoms with Crippen molar-refractivity contribution < 1.29 is 19.3 Å². The van der Waals surface area contributed by atoms with Gasteiger partial charge in [-0.1, -0.05) is 25.4 Å². The number of rotatable bonds is 7. The van der Waals surface area contributed by atoms with Gasteiger partial charge in [0, 0.05) is 48.4 Å². The summed E-state index contributed by atoms with van der Waals surface area (Å²) in [5.41, 5.74) is 3.02. The van der Waals surface area contributed by atoms with E-state index in [4.69, 9.17) is 16.3 Å². The lowest BCUT2D eigenvalue weighted by atomic mass is 9.98. The Labute approximate surface area is 215 Å². The lowest BCUT2D eigenvalue weighted by Crippen LogP contribution is -2.35. The fraction of sp³-hybridized carbons (Fsp3) is 0.464. The SMILES string of the molecule is COc1cc2c(cc1Cc1cc(N3CCC(O)CC3)cc(Cl)c1F)c(=O)c(C)cn2C(CO)C(C)C. The normalized spacial score (nSPS) is 15.6. The van der Waals surface area contributed by atoms with E-state index in [1.807, 2.05) is 18.4 Å². The van der Waals surface area contributed by atoms with Gasteiger partial charge in [0.05, 0.1) is 36.4 Å². The van der Waals surface area contributed by atoms with Crippen molar-refractivity contribution in [3.8, 4) is 5.75 Å². The predicted molar refractivity (Wildman–Crippen MR) is 142 cm³/mol. The molecule has 3 aromatic rings. The Hall–Kier alpha value is -2.61. The molecule has 2 aromatic carbocycles. The molecular formula is C28H34ClFN2O4. The second kappa shape index (κ2) is 10.8. The quantitative estimate of drug-likeness (QED) is 0.469. The van der Waals surface area contributed by atoms with Crippen LogP contribution < -0.4 is 15.1 Å². The largest absolute Gasteiger partial charge is 0.496 e. The van der Waals surface area contributed by atoms with Crippen LogP contribution in [0.3, 0.4) is 0 Å². The van der Waals surface area contributed by atoms with E-state index in [1.54, 1.807) is 44.5 Å². The maximum atomic E-state index is 15.2. The number of aryl methyl sites for hydroxylation is 1. The third-order valence-corrected chi connectivity index (χ3v) is 7.50. The molecule has 1 unspecified atom stereocenters. The van der Waals surface area contributed by atoms with Gasteiger partial charge in [0.15, 0.2) is 5.43 Å². The van der Waals surface area contributed by atoms with Crippen LogP contribution in [0.15, 0.2) is 35.3 Å². The molecular weight excluding hydrogens is 483 g/mol. The average molecular weight is 517 g/mol. The fourth-order valence-corrected chi connectivity index (χ4v) is 5.28. The van der Waals surface area contributed by atoms with Gasteiger partial charge < -0.3 is 24.4 Å². The molecule has 0 bridgehead atoms. The first-order valence-electron chi connectivity index (χ1n) is 12.4. The van der Waals surface area contributed by atoms with Gasteiger partial charge in [-0.05, 0) is 55.0 Å². The molecule has 1 aliphatic rings. The monoisotopic (exact) mass is 516 g/mol. The molecule has 6 nitrogen and oxygen atoms in total. The van der Waals surface area contributed by atoms with Crippen molar-refractivity contribution in [3.05, 3.63) is 68.2 Å². The number of piperidine rings is 1. The minimum atomic E-state index is -0.499. The van der Waals surface area contributed by atoms with Crippen molar-refractivity contribution >= 4 is 28.2 Å². The first-order valence-corrected chi connectivity index (χ1v) is 12.8. The van der Waals surface area contributed by atoms with Gasteiger partial charge >= 0.3 is 0 Å². The van der Waals surface area contributed by atoms with E-state index in [1.165, 1.54) is 0 Å². The lowest BCUT2D eigenvalue weighted by Gasteiger charge is -2.32. The molecule has 194 valence electrons. The number of benzene rings is 2. The summed E-state index contributed by atoms with van der Waals surface area (Å²) >= 11 is 6.29. The Morgan fingerprint density at radius 2 is 1.86 bits per heavy atom. The van der Waals surface area contributed by atoms with Crippen LogP contribution in [0.4, 0.5) is 10.1 Å². The van der Waals surface area contributed by atoms with Crippen molar-refractivity contribution in [2.75, 3.05) is 31.7 Å². The smallest absolute Gasteiger partial charge is 0.192 e. The summed E-state index contributed by atoms with van der Waals surface area (Å²) in [4.78, 5) is 15.2. The zero-order chi connectivity index (χ0) is 26.1. The van der Waals surface area contributed by atoms with E-state index >= 15 is 4.39 Å². The van der Waals surface area contributed by atoms with Gasteiger partial charge in [-0.25, -0.2) is 4.39 Å². The van der Waals surface area contributed by atoms with Gasteiger partial charge in [0.2, 0.25) is 0 Å². The molecule has 8 heteroatoms. The molecule has 0 saturated carbocycles. The van der Waals surface area contributed by atoms with Gasteiger partial charge in [-0.15, -0.1) is 0 Å². The second-order valence-corrected chi connectivity index (χ2v) is 10.4. The number of ether oxygens (including phenoxy) is 1. The van der Waals surface area contributed by atoms with Crippen LogP contribution in [-0.2, 0) is 6.42 Å². The van der Waals surface area contributed by atoms with Crippen molar-refractivity contribution in [2.24, 2.45) is 5.92 Å². The first-order chi connectivity index (χ1) is 17.1. The number of fused-ring (bicyclic) bond motifs is 1. The van der Waals surface area contributed by atoms with Crippen LogP contribution in [0.1, 0.15) is 49.4 Å². The van der Waals surface area contributed by atoms with Crippen LogP contribution in [0.2, 0.25) is 5.02 Å². The van der Waals surface area contributed by atoms with Crippen molar-refractivity contribution in [3.63, 3.8) is 0 Å².